The number of nitrogens with zero attached hydrogens (tertiary/aromatic N) is 2. The molecule has 1 aliphatic carbocycles. The molecule has 1 aliphatic heterocycles. The molecule has 1 saturated heterocycles. The molecule has 0 bridgehead atoms. The lowest BCUT2D eigenvalue weighted by Crippen LogP contribution is -2.58. The molecule has 2 fully saturated rings. The summed E-state index contributed by atoms with van der Waals surface area (Å²) in [5.74, 6) is 0.314. The van der Waals surface area contributed by atoms with Crippen molar-refractivity contribution < 1.29 is 4.39 Å². The minimum Gasteiger partial charge on any atom is -0.248 e. The third-order valence-corrected chi connectivity index (χ3v) is 3.42. The largest absolute Gasteiger partial charge is 0.248 e. The molecule has 2 nitrogen and oxygen atoms in total. The van der Waals surface area contributed by atoms with Gasteiger partial charge < -0.3 is 0 Å². The van der Waals surface area contributed by atoms with Crippen LogP contribution in [0.4, 0.5) is 4.39 Å². The van der Waals surface area contributed by atoms with E-state index >= 15 is 0 Å². The van der Waals surface area contributed by atoms with Crippen LogP contribution in [0.2, 0.25) is 0 Å². The number of hydrogen-bond donors (Lipinski definition) is 0. The first kappa shape index (κ1) is 8.45. The molecule has 0 spiro atoms. The second-order valence-electron chi connectivity index (χ2n) is 4.28. The van der Waals surface area contributed by atoms with E-state index < -0.39 is 5.67 Å². The van der Waals surface area contributed by atoms with E-state index in [-0.39, 0.29) is 0 Å². The van der Waals surface area contributed by atoms with Crippen molar-refractivity contribution >= 4 is 0 Å². The van der Waals surface area contributed by atoms with E-state index in [9.17, 15) is 4.39 Å². The third kappa shape index (κ3) is 1.15. The Labute approximate surface area is 73.3 Å². The first-order chi connectivity index (χ1) is 5.62. The molecule has 2 aliphatic rings. The number of halogens is 1. The standard InChI is InChI=1S/C9H17FN2/c1-11(2)12-6-5-9(10)4-3-8(9)7-12/h8H,3-7H2,1-2H3. The van der Waals surface area contributed by atoms with Crippen molar-refractivity contribution in [2.75, 3.05) is 27.2 Å². The highest BCUT2D eigenvalue weighted by Gasteiger charge is 2.50. The molecule has 0 aromatic rings. The average Bonchev–Trinajstić information content (AvgIpc) is 1.99. The van der Waals surface area contributed by atoms with Crippen molar-refractivity contribution in [3.05, 3.63) is 0 Å². The normalized spacial score (nSPS) is 42.5. The van der Waals surface area contributed by atoms with E-state index in [0.29, 0.717) is 5.92 Å². The van der Waals surface area contributed by atoms with Crippen molar-refractivity contribution in [1.29, 1.82) is 0 Å². The summed E-state index contributed by atoms with van der Waals surface area (Å²) in [7, 11) is 4.06. The van der Waals surface area contributed by atoms with Crippen molar-refractivity contribution in [2.24, 2.45) is 5.92 Å². The van der Waals surface area contributed by atoms with E-state index in [1.54, 1.807) is 0 Å². The summed E-state index contributed by atoms with van der Waals surface area (Å²) in [6.07, 6.45) is 2.62. The van der Waals surface area contributed by atoms with E-state index in [1.807, 2.05) is 14.1 Å². The summed E-state index contributed by atoms with van der Waals surface area (Å²) in [6.45, 7) is 1.81. The summed E-state index contributed by atoms with van der Waals surface area (Å²) in [5.41, 5.74) is -0.785. The Morgan fingerprint density at radius 3 is 2.58 bits per heavy atom. The van der Waals surface area contributed by atoms with Gasteiger partial charge in [0.05, 0.1) is 0 Å². The Bertz CT molecular complexity index is 183. The van der Waals surface area contributed by atoms with Crippen molar-refractivity contribution in [2.45, 2.75) is 24.9 Å². The van der Waals surface area contributed by atoms with Gasteiger partial charge in [-0.15, -0.1) is 0 Å². The van der Waals surface area contributed by atoms with Crippen LogP contribution in [0.25, 0.3) is 0 Å². The van der Waals surface area contributed by atoms with Crippen LogP contribution in [0.5, 0.6) is 0 Å². The average molecular weight is 172 g/mol. The lowest BCUT2D eigenvalue weighted by molar-refractivity contribution is -0.127. The summed E-state index contributed by atoms with van der Waals surface area (Å²) in [5, 5.41) is 4.32. The minimum absolute atomic E-state index is 0.314. The molecular weight excluding hydrogens is 155 g/mol. The lowest BCUT2D eigenvalue weighted by Gasteiger charge is -2.51. The molecule has 3 heteroatoms. The van der Waals surface area contributed by atoms with Crippen molar-refractivity contribution in [3.63, 3.8) is 0 Å². The lowest BCUT2D eigenvalue weighted by atomic mass is 9.67. The minimum atomic E-state index is -0.785. The fourth-order valence-corrected chi connectivity index (χ4v) is 2.27. The van der Waals surface area contributed by atoms with E-state index in [0.717, 1.165) is 32.4 Å². The maximum absolute atomic E-state index is 13.7. The molecule has 1 saturated carbocycles. The van der Waals surface area contributed by atoms with Crippen LogP contribution in [-0.4, -0.2) is 42.9 Å². The van der Waals surface area contributed by atoms with Crippen molar-refractivity contribution in [3.8, 4) is 0 Å². The summed E-state index contributed by atoms with van der Waals surface area (Å²) in [4.78, 5) is 0. The SMILES string of the molecule is CN(C)N1CCC2(F)CCC2C1. The van der Waals surface area contributed by atoms with Gasteiger partial charge in [0.25, 0.3) is 0 Å². The number of rotatable bonds is 1. The molecule has 2 unspecified atom stereocenters. The fraction of sp³-hybridized carbons (Fsp3) is 1.00. The van der Waals surface area contributed by atoms with Gasteiger partial charge in [-0.25, -0.2) is 14.4 Å². The number of piperidine rings is 1. The zero-order chi connectivity index (χ0) is 8.77. The Hall–Kier alpha value is -0.150. The molecule has 0 aromatic heterocycles. The molecule has 0 aromatic carbocycles. The van der Waals surface area contributed by atoms with Crippen LogP contribution in [-0.2, 0) is 0 Å². The number of hydrazine groups is 1. The highest BCUT2D eigenvalue weighted by atomic mass is 19.1. The predicted octanol–water partition coefficient (Wildman–Crippen LogP) is 1.29. The number of hydrogen-bond acceptors (Lipinski definition) is 2. The second-order valence-corrected chi connectivity index (χ2v) is 4.28. The molecule has 0 N–H and O–H groups in total. The van der Waals surface area contributed by atoms with Crippen LogP contribution in [0.3, 0.4) is 0 Å². The fourth-order valence-electron chi connectivity index (χ4n) is 2.27. The monoisotopic (exact) mass is 172 g/mol. The second kappa shape index (κ2) is 2.67. The van der Waals surface area contributed by atoms with Gasteiger partial charge in [0.2, 0.25) is 0 Å². The van der Waals surface area contributed by atoms with Gasteiger partial charge in [-0.05, 0) is 19.3 Å². The molecule has 12 heavy (non-hydrogen) atoms. The third-order valence-electron chi connectivity index (χ3n) is 3.42. The predicted molar refractivity (Wildman–Crippen MR) is 46.4 cm³/mol. The zero-order valence-corrected chi connectivity index (χ0v) is 7.89. The van der Waals surface area contributed by atoms with Crippen molar-refractivity contribution in [1.82, 2.24) is 10.0 Å². The van der Waals surface area contributed by atoms with Gasteiger partial charge in [0.15, 0.2) is 0 Å². The van der Waals surface area contributed by atoms with Gasteiger partial charge in [0.1, 0.15) is 5.67 Å². The molecule has 0 radical (unpaired) electrons. The van der Waals surface area contributed by atoms with E-state index in [4.69, 9.17) is 0 Å². The van der Waals surface area contributed by atoms with Crippen LogP contribution in [0, 0.1) is 5.92 Å². The smallest absolute Gasteiger partial charge is 0.116 e. The Kier molecular flexibility index (Phi) is 1.88. The van der Waals surface area contributed by atoms with Crippen LogP contribution in [0.15, 0.2) is 0 Å². The highest BCUT2D eigenvalue weighted by molar-refractivity contribution is 5.00. The Morgan fingerprint density at radius 1 is 1.42 bits per heavy atom. The number of alkyl halides is 1. The molecule has 2 rings (SSSR count). The maximum Gasteiger partial charge on any atom is 0.116 e. The topological polar surface area (TPSA) is 6.48 Å². The van der Waals surface area contributed by atoms with Gasteiger partial charge in [-0.3, -0.25) is 0 Å². The highest BCUT2D eigenvalue weighted by Crippen LogP contribution is 2.47. The van der Waals surface area contributed by atoms with Crippen LogP contribution in [0.1, 0.15) is 19.3 Å². The van der Waals surface area contributed by atoms with Gasteiger partial charge in [0, 0.05) is 33.1 Å². The Morgan fingerprint density at radius 2 is 2.17 bits per heavy atom. The molecule has 2 atom stereocenters. The molecular formula is C9H17FN2. The Balaban J connectivity index is 1.96. The van der Waals surface area contributed by atoms with E-state index in [1.165, 1.54) is 0 Å². The summed E-state index contributed by atoms with van der Waals surface area (Å²) >= 11 is 0. The van der Waals surface area contributed by atoms with Gasteiger partial charge in [-0.2, -0.15) is 0 Å². The summed E-state index contributed by atoms with van der Waals surface area (Å²) < 4.78 is 13.7. The van der Waals surface area contributed by atoms with E-state index in [2.05, 4.69) is 10.0 Å². The molecule has 70 valence electrons. The van der Waals surface area contributed by atoms with Crippen LogP contribution < -0.4 is 0 Å². The molecule has 0 amide bonds. The maximum atomic E-state index is 13.7. The number of fused-ring (bicyclic) bond motifs is 1. The first-order valence-electron chi connectivity index (χ1n) is 4.73. The summed E-state index contributed by atoms with van der Waals surface area (Å²) in [6, 6.07) is 0. The molecule has 1 heterocycles. The van der Waals surface area contributed by atoms with Crippen LogP contribution >= 0.6 is 0 Å². The zero-order valence-electron chi connectivity index (χ0n) is 7.89. The quantitative estimate of drug-likeness (QED) is 0.588. The van der Waals surface area contributed by atoms with Gasteiger partial charge >= 0.3 is 0 Å². The first-order valence-corrected chi connectivity index (χ1v) is 4.73. The van der Waals surface area contributed by atoms with Gasteiger partial charge in [-0.1, -0.05) is 0 Å².